The molecule has 0 aromatic heterocycles. The van der Waals surface area contributed by atoms with Gasteiger partial charge in [-0.1, -0.05) is 30.3 Å². The molecule has 0 saturated heterocycles. The number of rotatable bonds is 3. The number of ether oxygens (including phenoxy) is 1. The highest BCUT2D eigenvalue weighted by atomic mass is 16.5. The minimum atomic E-state index is -0.509. The van der Waals surface area contributed by atoms with E-state index in [9.17, 15) is 9.59 Å². The van der Waals surface area contributed by atoms with Crippen molar-refractivity contribution in [3.63, 3.8) is 0 Å². The fourth-order valence-electron chi connectivity index (χ4n) is 2.53. The average molecular weight is 310 g/mol. The summed E-state index contributed by atoms with van der Waals surface area (Å²) in [4.78, 5) is 25.8. The van der Waals surface area contributed by atoms with Gasteiger partial charge >= 0.3 is 0 Å². The standard InChI is InChI=1S/C18H18N2O3/c1-12-18(22)20(2)15-10-14(8-9-16(15)23-12)17(21)19-11-13-6-4-3-5-7-13/h3-10,12H,11H2,1-2H3,(H,19,21). The first-order valence-corrected chi connectivity index (χ1v) is 7.46. The summed E-state index contributed by atoms with van der Waals surface area (Å²) in [6, 6.07) is 14.8. The maximum Gasteiger partial charge on any atom is 0.267 e. The molecule has 5 heteroatoms. The summed E-state index contributed by atoms with van der Waals surface area (Å²) in [6.07, 6.45) is -0.509. The number of likely N-dealkylation sites (N-methyl/N-ethyl adjacent to an activating group) is 1. The van der Waals surface area contributed by atoms with Gasteiger partial charge in [0, 0.05) is 19.2 Å². The molecule has 2 aromatic rings. The third-order valence-electron chi connectivity index (χ3n) is 3.86. The summed E-state index contributed by atoms with van der Waals surface area (Å²) in [5.74, 6) is 0.301. The van der Waals surface area contributed by atoms with E-state index in [2.05, 4.69) is 5.32 Å². The Hall–Kier alpha value is -2.82. The van der Waals surface area contributed by atoms with E-state index in [1.54, 1.807) is 32.2 Å². The monoisotopic (exact) mass is 310 g/mol. The normalized spacial score (nSPS) is 16.5. The zero-order valence-electron chi connectivity index (χ0n) is 13.1. The van der Waals surface area contributed by atoms with Crippen LogP contribution >= 0.6 is 0 Å². The van der Waals surface area contributed by atoms with Gasteiger partial charge in [0.15, 0.2) is 6.10 Å². The van der Waals surface area contributed by atoms with E-state index in [0.29, 0.717) is 23.5 Å². The molecule has 1 aliphatic rings. The quantitative estimate of drug-likeness (QED) is 0.947. The van der Waals surface area contributed by atoms with Gasteiger partial charge < -0.3 is 15.0 Å². The van der Waals surface area contributed by atoms with E-state index in [1.807, 2.05) is 30.3 Å². The molecule has 0 spiro atoms. The Morgan fingerprint density at radius 1 is 1.22 bits per heavy atom. The Morgan fingerprint density at radius 2 is 1.96 bits per heavy atom. The van der Waals surface area contributed by atoms with E-state index in [1.165, 1.54) is 4.90 Å². The van der Waals surface area contributed by atoms with E-state index >= 15 is 0 Å². The zero-order valence-corrected chi connectivity index (χ0v) is 13.1. The molecule has 5 nitrogen and oxygen atoms in total. The summed E-state index contributed by atoms with van der Waals surface area (Å²) in [5, 5.41) is 2.87. The smallest absolute Gasteiger partial charge is 0.267 e. The second kappa shape index (κ2) is 6.12. The van der Waals surface area contributed by atoms with Crippen LogP contribution in [0.5, 0.6) is 5.75 Å². The molecular weight excluding hydrogens is 292 g/mol. The predicted molar refractivity (Wildman–Crippen MR) is 87.6 cm³/mol. The van der Waals surface area contributed by atoms with Gasteiger partial charge in [0.2, 0.25) is 0 Å². The minimum absolute atomic E-state index is 0.126. The molecule has 0 radical (unpaired) electrons. The van der Waals surface area contributed by atoms with Gasteiger partial charge in [-0.2, -0.15) is 0 Å². The molecule has 1 N–H and O–H groups in total. The van der Waals surface area contributed by atoms with Gasteiger partial charge in [-0.05, 0) is 30.7 Å². The van der Waals surface area contributed by atoms with Gasteiger partial charge in [-0.15, -0.1) is 0 Å². The highest BCUT2D eigenvalue weighted by molar-refractivity contribution is 6.02. The van der Waals surface area contributed by atoms with Crippen LogP contribution in [0.25, 0.3) is 0 Å². The number of amides is 2. The van der Waals surface area contributed by atoms with Crippen LogP contribution in [-0.4, -0.2) is 25.0 Å². The minimum Gasteiger partial charge on any atom is -0.479 e. The van der Waals surface area contributed by atoms with Crippen molar-refractivity contribution in [1.29, 1.82) is 0 Å². The molecule has 1 unspecified atom stereocenters. The molecule has 118 valence electrons. The Bertz CT molecular complexity index is 743. The Kier molecular flexibility index (Phi) is 4.02. The Labute approximate surface area is 134 Å². The van der Waals surface area contributed by atoms with E-state index in [0.717, 1.165) is 5.56 Å². The number of carbonyl (C=O) groups excluding carboxylic acids is 2. The lowest BCUT2D eigenvalue weighted by atomic mass is 10.1. The molecule has 0 bridgehead atoms. The van der Waals surface area contributed by atoms with Crippen molar-refractivity contribution < 1.29 is 14.3 Å². The fourth-order valence-corrected chi connectivity index (χ4v) is 2.53. The van der Waals surface area contributed by atoms with Gasteiger partial charge in [-0.3, -0.25) is 9.59 Å². The third-order valence-corrected chi connectivity index (χ3v) is 3.86. The van der Waals surface area contributed by atoms with Crippen molar-refractivity contribution in [2.24, 2.45) is 0 Å². The Morgan fingerprint density at radius 3 is 2.70 bits per heavy atom. The average Bonchev–Trinajstić information content (AvgIpc) is 2.58. The van der Waals surface area contributed by atoms with Crippen molar-refractivity contribution in [3.8, 4) is 5.75 Å². The number of fused-ring (bicyclic) bond motifs is 1. The van der Waals surface area contributed by atoms with Crippen LogP contribution in [0.15, 0.2) is 48.5 Å². The van der Waals surface area contributed by atoms with Gasteiger partial charge in [0.05, 0.1) is 5.69 Å². The molecule has 2 aromatic carbocycles. The maximum atomic E-state index is 12.3. The lowest BCUT2D eigenvalue weighted by molar-refractivity contribution is -0.125. The van der Waals surface area contributed by atoms with Crippen LogP contribution in [-0.2, 0) is 11.3 Å². The zero-order chi connectivity index (χ0) is 16.4. The molecule has 23 heavy (non-hydrogen) atoms. The first-order chi connectivity index (χ1) is 11.1. The number of anilines is 1. The summed E-state index contributed by atoms with van der Waals surface area (Å²) < 4.78 is 5.56. The number of hydrogen-bond donors (Lipinski definition) is 1. The summed E-state index contributed by atoms with van der Waals surface area (Å²) >= 11 is 0. The van der Waals surface area contributed by atoms with Crippen LogP contribution in [0.3, 0.4) is 0 Å². The van der Waals surface area contributed by atoms with E-state index in [4.69, 9.17) is 4.74 Å². The molecule has 0 fully saturated rings. The third kappa shape index (κ3) is 3.04. The van der Waals surface area contributed by atoms with Crippen molar-refractivity contribution in [2.75, 3.05) is 11.9 Å². The molecular formula is C18H18N2O3. The van der Waals surface area contributed by atoms with Crippen molar-refractivity contribution in [1.82, 2.24) is 5.32 Å². The molecule has 1 aliphatic heterocycles. The van der Waals surface area contributed by atoms with Crippen molar-refractivity contribution >= 4 is 17.5 Å². The van der Waals surface area contributed by atoms with Crippen LogP contribution < -0.4 is 15.0 Å². The van der Waals surface area contributed by atoms with Gasteiger partial charge in [0.25, 0.3) is 11.8 Å². The highest BCUT2D eigenvalue weighted by Crippen LogP contribution is 2.33. The van der Waals surface area contributed by atoms with Crippen molar-refractivity contribution in [2.45, 2.75) is 19.6 Å². The predicted octanol–water partition coefficient (Wildman–Crippen LogP) is 2.36. The number of hydrogen-bond acceptors (Lipinski definition) is 3. The SMILES string of the molecule is CC1Oc2ccc(C(=O)NCc3ccccc3)cc2N(C)C1=O. The summed E-state index contributed by atoms with van der Waals surface area (Å²) in [7, 11) is 1.69. The van der Waals surface area contributed by atoms with Crippen LogP contribution in [0, 0.1) is 0 Å². The lowest BCUT2D eigenvalue weighted by Gasteiger charge is -2.30. The summed E-state index contributed by atoms with van der Waals surface area (Å²) in [5.41, 5.74) is 2.14. The highest BCUT2D eigenvalue weighted by Gasteiger charge is 2.29. The second-order valence-corrected chi connectivity index (χ2v) is 5.51. The molecule has 1 heterocycles. The molecule has 0 aliphatic carbocycles. The number of nitrogens with zero attached hydrogens (tertiary/aromatic N) is 1. The second-order valence-electron chi connectivity index (χ2n) is 5.51. The number of carbonyl (C=O) groups is 2. The number of nitrogens with one attached hydrogen (secondary N) is 1. The van der Waals surface area contributed by atoms with E-state index in [-0.39, 0.29) is 11.8 Å². The topological polar surface area (TPSA) is 58.6 Å². The molecule has 1 atom stereocenters. The molecule has 3 rings (SSSR count). The molecule has 0 saturated carbocycles. The van der Waals surface area contributed by atoms with Crippen molar-refractivity contribution in [3.05, 3.63) is 59.7 Å². The molecule has 2 amide bonds. The number of benzene rings is 2. The first-order valence-electron chi connectivity index (χ1n) is 7.46. The fraction of sp³-hybridized carbons (Fsp3) is 0.222. The van der Waals surface area contributed by atoms with Crippen LogP contribution in [0.1, 0.15) is 22.8 Å². The maximum absolute atomic E-state index is 12.3. The summed E-state index contributed by atoms with van der Waals surface area (Å²) in [6.45, 7) is 2.17. The van der Waals surface area contributed by atoms with Gasteiger partial charge in [0.1, 0.15) is 5.75 Å². The lowest BCUT2D eigenvalue weighted by Crippen LogP contribution is -2.42. The Balaban J connectivity index is 1.76. The van der Waals surface area contributed by atoms with E-state index < -0.39 is 6.10 Å². The van der Waals surface area contributed by atoms with Gasteiger partial charge in [-0.25, -0.2) is 0 Å². The largest absolute Gasteiger partial charge is 0.479 e. The first kappa shape index (κ1) is 15.1. The van der Waals surface area contributed by atoms with Crippen LogP contribution in [0.2, 0.25) is 0 Å². The van der Waals surface area contributed by atoms with Crippen LogP contribution in [0.4, 0.5) is 5.69 Å².